The van der Waals surface area contributed by atoms with E-state index in [1.165, 1.54) is 23.1 Å². The molecule has 0 bridgehead atoms. The van der Waals surface area contributed by atoms with Gasteiger partial charge in [0.2, 0.25) is 5.91 Å². The van der Waals surface area contributed by atoms with Crippen molar-refractivity contribution >= 4 is 63.6 Å². The van der Waals surface area contributed by atoms with Crippen molar-refractivity contribution in [1.82, 2.24) is 4.98 Å². The lowest BCUT2D eigenvalue weighted by molar-refractivity contribution is -0.113. The highest BCUT2D eigenvalue weighted by molar-refractivity contribution is 8.01. The normalized spacial score (nSPS) is 14.0. The molecule has 3 aromatic rings. The average molecular weight is 480 g/mol. The molecule has 0 unspecified atom stereocenters. The molecular weight excluding hydrogens is 461 g/mol. The van der Waals surface area contributed by atoms with E-state index in [1.54, 1.807) is 6.07 Å². The molecule has 0 spiro atoms. The first-order chi connectivity index (χ1) is 14.6. The van der Waals surface area contributed by atoms with Crippen molar-refractivity contribution in [2.24, 2.45) is 0 Å². The first-order valence-electron chi connectivity index (χ1n) is 9.35. The summed E-state index contributed by atoms with van der Waals surface area (Å²) in [7, 11) is 0. The van der Waals surface area contributed by atoms with Gasteiger partial charge in [0.05, 0.1) is 36.0 Å². The summed E-state index contributed by atoms with van der Waals surface area (Å²) in [5, 5.41) is 6.26. The monoisotopic (exact) mass is 479 g/mol. The van der Waals surface area contributed by atoms with E-state index in [4.69, 9.17) is 27.9 Å². The van der Waals surface area contributed by atoms with Gasteiger partial charge in [0.15, 0.2) is 4.34 Å². The van der Waals surface area contributed by atoms with Gasteiger partial charge in [0, 0.05) is 34.1 Å². The summed E-state index contributed by atoms with van der Waals surface area (Å²) in [5.74, 6) is 0.169. The molecule has 4 rings (SSSR count). The topological polar surface area (TPSA) is 54.5 Å². The fourth-order valence-electron chi connectivity index (χ4n) is 3.08. The van der Waals surface area contributed by atoms with Gasteiger partial charge in [-0.15, -0.1) is 11.3 Å². The highest BCUT2D eigenvalue weighted by atomic mass is 35.5. The highest BCUT2D eigenvalue weighted by Crippen LogP contribution is 2.31. The zero-order chi connectivity index (χ0) is 20.9. The molecule has 0 aliphatic carbocycles. The number of nitrogens with zero attached hydrogens (tertiary/aromatic N) is 2. The van der Waals surface area contributed by atoms with Crippen LogP contribution in [0.5, 0.6) is 0 Å². The molecule has 2 aromatic carbocycles. The minimum Gasteiger partial charge on any atom is -0.378 e. The van der Waals surface area contributed by atoms with Crippen LogP contribution < -0.4 is 10.2 Å². The van der Waals surface area contributed by atoms with Gasteiger partial charge in [0.25, 0.3) is 0 Å². The standard InChI is InChI=1S/C21H19Cl2N3O2S2/c22-15-3-1-14(2-4-15)18-12-29-21(25-18)30-13-20(27)24-17-11-16(23)5-6-19(17)26-7-9-28-10-8-26/h1-6,11-12H,7-10,13H2,(H,24,27). The number of carbonyl (C=O) groups is 1. The summed E-state index contributed by atoms with van der Waals surface area (Å²) < 4.78 is 6.26. The largest absolute Gasteiger partial charge is 0.378 e. The van der Waals surface area contributed by atoms with Gasteiger partial charge in [-0.05, 0) is 30.3 Å². The number of nitrogens with one attached hydrogen (secondary N) is 1. The number of aromatic nitrogens is 1. The van der Waals surface area contributed by atoms with E-state index in [-0.39, 0.29) is 11.7 Å². The lowest BCUT2D eigenvalue weighted by atomic mass is 10.2. The van der Waals surface area contributed by atoms with Crippen LogP contribution in [0.1, 0.15) is 0 Å². The Kier molecular flexibility index (Phi) is 7.17. The summed E-state index contributed by atoms with van der Waals surface area (Å²) in [6.07, 6.45) is 0. The number of carbonyl (C=O) groups excluding carboxylic acids is 1. The maximum Gasteiger partial charge on any atom is 0.234 e. The molecule has 1 N–H and O–H groups in total. The molecule has 9 heteroatoms. The molecule has 30 heavy (non-hydrogen) atoms. The Labute approximate surface area is 193 Å². The summed E-state index contributed by atoms with van der Waals surface area (Å²) in [6, 6.07) is 13.1. The van der Waals surface area contributed by atoms with Crippen LogP contribution in [0.2, 0.25) is 10.0 Å². The number of hydrogen-bond donors (Lipinski definition) is 1. The fraction of sp³-hybridized carbons (Fsp3) is 0.238. The molecule has 1 aliphatic rings. The van der Waals surface area contributed by atoms with E-state index in [9.17, 15) is 4.79 Å². The van der Waals surface area contributed by atoms with Gasteiger partial charge in [-0.1, -0.05) is 47.1 Å². The number of anilines is 2. The van der Waals surface area contributed by atoms with Crippen LogP contribution in [-0.4, -0.2) is 42.9 Å². The van der Waals surface area contributed by atoms with Gasteiger partial charge in [-0.3, -0.25) is 4.79 Å². The van der Waals surface area contributed by atoms with Crippen molar-refractivity contribution in [3.05, 3.63) is 57.9 Å². The Morgan fingerprint density at radius 1 is 1.13 bits per heavy atom. The van der Waals surface area contributed by atoms with E-state index in [2.05, 4.69) is 15.2 Å². The molecule has 1 amide bonds. The predicted octanol–water partition coefficient (Wildman–Crippen LogP) is 5.68. The minimum atomic E-state index is -0.0972. The first-order valence-corrected chi connectivity index (χ1v) is 12.0. The zero-order valence-corrected chi connectivity index (χ0v) is 19.1. The Balaban J connectivity index is 1.38. The van der Waals surface area contributed by atoms with Crippen LogP contribution in [0.4, 0.5) is 11.4 Å². The Morgan fingerprint density at radius 3 is 2.63 bits per heavy atom. The molecule has 1 aliphatic heterocycles. The van der Waals surface area contributed by atoms with Crippen LogP contribution in [0.3, 0.4) is 0 Å². The maximum absolute atomic E-state index is 12.6. The van der Waals surface area contributed by atoms with Crippen molar-refractivity contribution in [3.63, 3.8) is 0 Å². The van der Waals surface area contributed by atoms with Crippen LogP contribution in [-0.2, 0) is 9.53 Å². The maximum atomic E-state index is 12.6. The fourth-order valence-corrected chi connectivity index (χ4v) is 5.01. The van der Waals surface area contributed by atoms with E-state index >= 15 is 0 Å². The molecule has 0 atom stereocenters. The molecular formula is C21H19Cl2N3O2S2. The SMILES string of the molecule is O=C(CSc1nc(-c2ccc(Cl)cc2)cs1)Nc1cc(Cl)ccc1N1CCOCC1. The second-order valence-electron chi connectivity index (χ2n) is 6.60. The van der Waals surface area contributed by atoms with E-state index in [0.717, 1.165) is 40.1 Å². The number of ether oxygens (including phenoxy) is 1. The number of hydrogen-bond acceptors (Lipinski definition) is 6. The number of thiazole rings is 1. The first kappa shape index (κ1) is 21.5. The summed E-state index contributed by atoms with van der Waals surface area (Å²) in [6.45, 7) is 2.91. The summed E-state index contributed by atoms with van der Waals surface area (Å²) in [4.78, 5) is 19.4. The summed E-state index contributed by atoms with van der Waals surface area (Å²) >= 11 is 15.0. The van der Waals surface area contributed by atoms with Gasteiger partial charge < -0.3 is 15.0 Å². The number of morpholine rings is 1. The van der Waals surface area contributed by atoms with E-state index in [0.29, 0.717) is 23.3 Å². The molecule has 156 valence electrons. The number of thioether (sulfide) groups is 1. The van der Waals surface area contributed by atoms with Gasteiger partial charge >= 0.3 is 0 Å². The van der Waals surface area contributed by atoms with Gasteiger partial charge in [-0.2, -0.15) is 0 Å². The number of halogens is 2. The third-order valence-corrected chi connectivity index (χ3v) is 7.04. The molecule has 2 heterocycles. The van der Waals surface area contributed by atoms with Gasteiger partial charge in [-0.25, -0.2) is 4.98 Å². The van der Waals surface area contributed by atoms with Crippen molar-refractivity contribution < 1.29 is 9.53 Å². The van der Waals surface area contributed by atoms with Crippen LogP contribution in [0.15, 0.2) is 52.2 Å². The van der Waals surface area contributed by atoms with Crippen LogP contribution >= 0.6 is 46.3 Å². The molecule has 1 saturated heterocycles. The van der Waals surface area contributed by atoms with Crippen molar-refractivity contribution in [2.45, 2.75) is 4.34 Å². The van der Waals surface area contributed by atoms with Crippen LogP contribution in [0, 0.1) is 0 Å². The minimum absolute atomic E-state index is 0.0972. The van der Waals surface area contributed by atoms with Crippen LogP contribution in [0.25, 0.3) is 11.3 Å². The smallest absolute Gasteiger partial charge is 0.234 e. The highest BCUT2D eigenvalue weighted by Gasteiger charge is 2.17. The molecule has 0 radical (unpaired) electrons. The number of benzene rings is 2. The Hall–Kier alpha value is -1.77. The van der Waals surface area contributed by atoms with Gasteiger partial charge in [0.1, 0.15) is 0 Å². The Morgan fingerprint density at radius 2 is 1.87 bits per heavy atom. The number of amides is 1. The van der Waals surface area contributed by atoms with Crippen molar-refractivity contribution in [2.75, 3.05) is 42.3 Å². The van der Waals surface area contributed by atoms with E-state index < -0.39 is 0 Å². The van der Waals surface area contributed by atoms with Crippen molar-refractivity contribution in [1.29, 1.82) is 0 Å². The third kappa shape index (κ3) is 5.47. The predicted molar refractivity (Wildman–Crippen MR) is 126 cm³/mol. The zero-order valence-electron chi connectivity index (χ0n) is 15.9. The molecule has 0 saturated carbocycles. The second-order valence-corrected chi connectivity index (χ2v) is 9.56. The molecule has 1 fully saturated rings. The lowest BCUT2D eigenvalue weighted by Crippen LogP contribution is -2.36. The average Bonchev–Trinajstić information content (AvgIpc) is 3.23. The number of rotatable bonds is 6. The summed E-state index contributed by atoms with van der Waals surface area (Å²) in [5.41, 5.74) is 3.56. The lowest BCUT2D eigenvalue weighted by Gasteiger charge is -2.30. The Bertz CT molecular complexity index is 1020. The quantitative estimate of drug-likeness (QED) is 0.460. The van der Waals surface area contributed by atoms with E-state index in [1.807, 2.05) is 41.8 Å². The second kappa shape index (κ2) is 10.0. The third-order valence-electron chi connectivity index (χ3n) is 4.53. The molecule has 5 nitrogen and oxygen atoms in total. The van der Waals surface area contributed by atoms with Crippen molar-refractivity contribution in [3.8, 4) is 11.3 Å². The molecule has 1 aromatic heterocycles.